The van der Waals surface area contributed by atoms with Gasteiger partial charge in [-0.3, -0.25) is 4.98 Å². The Bertz CT molecular complexity index is 527. The van der Waals surface area contributed by atoms with Crippen LogP contribution in [0.2, 0.25) is 0 Å². The second kappa shape index (κ2) is 6.98. The molecule has 0 N–H and O–H groups in total. The number of ether oxygens (including phenoxy) is 1. The number of benzene rings is 1. The molecule has 102 valence electrons. The second-order valence-electron chi connectivity index (χ2n) is 4.74. The summed E-state index contributed by atoms with van der Waals surface area (Å²) in [6.45, 7) is 2.55. The van der Waals surface area contributed by atoms with Crippen molar-refractivity contribution in [1.82, 2.24) is 9.88 Å². The number of nitrogens with zero attached hydrogens (tertiary/aromatic N) is 2. The van der Waals surface area contributed by atoms with Crippen molar-refractivity contribution in [2.24, 2.45) is 0 Å². The fourth-order valence-corrected chi connectivity index (χ4v) is 2.98. The summed E-state index contributed by atoms with van der Waals surface area (Å²) in [6.07, 6.45) is 1.85. The molecule has 1 atom stereocenters. The second-order valence-corrected chi connectivity index (χ2v) is 6.04. The molecule has 2 rings (SSSR count). The molecular weight excluding hydrogens is 304 g/mol. The van der Waals surface area contributed by atoms with Crippen molar-refractivity contribution >= 4 is 26.8 Å². The molecule has 0 aliphatic heterocycles. The number of alkyl halides is 1. The van der Waals surface area contributed by atoms with Gasteiger partial charge in [0, 0.05) is 31.8 Å². The predicted octanol–water partition coefficient (Wildman–Crippen LogP) is 3.08. The zero-order valence-corrected chi connectivity index (χ0v) is 12.9. The van der Waals surface area contributed by atoms with Crippen LogP contribution in [-0.4, -0.2) is 42.0 Å². The van der Waals surface area contributed by atoms with Gasteiger partial charge in [-0.1, -0.05) is 40.2 Å². The number of methoxy groups -OCH3 is 1. The monoisotopic (exact) mass is 322 g/mol. The summed E-state index contributed by atoms with van der Waals surface area (Å²) in [5.41, 5.74) is 2.35. The van der Waals surface area contributed by atoms with E-state index in [0.717, 1.165) is 25.2 Å². The Labute approximate surface area is 122 Å². The average molecular weight is 323 g/mol. The van der Waals surface area contributed by atoms with Gasteiger partial charge < -0.3 is 9.64 Å². The van der Waals surface area contributed by atoms with Crippen molar-refractivity contribution in [1.29, 1.82) is 0 Å². The number of rotatable bonds is 6. The Morgan fingerprint density at radius 3 is 2.89 bits per heavy atom. The van der Waals surface area contributed by atoms with Crippen molar-refractivity contribution in [3.63, 3.8) is 0 Å². The van der Waals surface area contributed by atoms with Crippen LogP contribution in [0.5, 0.6) is 0 Å². The van der Waals surface area contributed by atoms with Gasteiger partial charge in [-0.15, -0.1) is 0 Å². The van der Waals surface area contributed by atoms with Crippen molar-refractivity contribution in [3.8, 4) is 0 Å². The van der Waals surface area contributed by atoms with Crippen molar-refractivity contribution in [2.75, 3.05) is 27.3 Å². The summed E-state index contributed by atoms with van der Waals surface area (Å²) in [5.74, 6) is 0. The number of para-hydroxylation sites is 1. The van der Waals surface area contributed by atoms with Crippen LogP contribution in [0.15, 0.2) is 36.5 Å². The van der Waals surface area contributed by atoms with Crippen LogP contribution in [0, 0.1) is 0 Å². The first-order valence-electron chi connectivity index (χ1n) is 6.35. The van der Waals surface area contributed by atoms with Crippen LogP contribution < -0.4 is 0 Å². The van der Waals surface area contributed by atoms with Gasteiger partial charge in [0.2, 0.25) is 0 Å². The molecule has 3 nitrogen and oxygen atoms in total. The van der Waals surface area contributed by atoms with E-state index in [1.807, 2.05) is 12.3 Å². The van der Waals surface area contributed by atoms with Crippen molar-refractivity contribution in [3.05, 3.63) is 42.1 Å². The lowest BCUT2D eigenvalue weighted by atomic mass is 10.1. The third-order valence-corrected chi connectivity index (χ3v) is 3.57. The molecule has 4 heteroatoms. The van der Waals surface area contributed by atoms with Crippen LogP contribution in [0.1, 0.15) is 5.56 Å². The number of hydrogen-bond donors (Lipinski definition) is 0. The summed E-state index contributed by atoms with van der Waals surface area (Å²) in [4.78, 5) is 7.12. The Kier molecular flexibility index (Phi) is 5.31. The molecule has 1 aromatic carbocycles. The molecule has 0 saturated heterocycles. The molecule has 0 aliphatic rings. The summed E-state index contributed by atoms with van der Waals surface area (Å²) < 4.78 is 5.14. The van der Waals surface area contributed by atoms with Gasteiger partial charge in [0.15, 0.2) is 0 Å². The van der Waals surface area contributed by atoms with E-state index < -0.39 is 0 Å². The average Bonchev–Trinajstić information content (AvgIpc) is 2.39. The summed E-state index contributed by atoms with van der Waals surface area (Å²) >= 11 is 3.62. The minimum absolute atomic E-state index is 0.352. The minimum Gasteiger partial charge on any atom is -0.383 e. The van der Waals surface area contributed by atoms with Crippen molar-refractivity contribution in [2.45, 2.75) is 11.4 Å². The van der Waals surface area contributed by atoms with Crippen LogP contribution in [0.25, 0.3) is 10.9 Å². The molecule has 0 saturated carbocycles. The van der Waals surface area contributed by atoms with E-state index >= 15 is 0 Å². The maximum Gasteiger partial charge on any atom is 0.0746 e. The maximum atomic E-state index is 5.14. The lowest BCUT2D eigenvalue weighted by Gasteiger charge is -2.20. The standard InChI is InChI=1S/C15H19BrN2O/c1-18(10-14(16)11-19-2)9-13-6-3-5-12-7-4-8-17-15(12)13/h3-8,14H,9-11H2,1-2H3. The van der Waals surface area contributed by atoms with Crippen molar-refractivity contribution < 1.29 is 4.74 Å². The first kappa shape index (κ1) is 14.4. The normalized spacial score (nSPS) is 13.1. The van der Waals surface area contributed by atoms with E-state index in [4.69, 9.17) is 4.74 Å². The first-order chi connectivity index (χ1) is 9.20. The van der Waals surface area contributed by atoms with Crippen LogP contribution in [0.3, 0.4) is 0 Å². The summed E-state index contributed by atoms with van der Waals surface area (Å²) in [5, 5.41) is 1.20. The molecule has 0 aliphatic carbocycles. The molecule has 0 amide bonds. The summed E-state index contributed by atoms with van der Waals surface area (Å²) in [6, 6.07) is 10.4. The molecule has 2 aromatic rings. The molecule has 1 unspecified atom stereocenters. The molecule has 0 spiro atoms. The number of aromatic nitrogens is 1. The Morgan fingerprint density at radius 2 is 2.11 bits per heavy atom. The quantitative estimate of drug-likeness (QED) is 0.764. The minimum atomic E-state index is 0.352. The van der Waals surface area contributed by atoms with Gasteiger partial charge in [0.05, 0.1) is 17.0 Å². The van der Waals surface area contributed by atoms with E-state index in [0.29, 0.717) is 4.83 Å². The fraction of sp³-hybridized carbons (Fsp3) is 0.400. The third kappa shape index (κ3) is 4.00. The lowest BCUT2D eigenvalue weighted by molar-refractivity contribution is 0.185. The molecule has 19 heavy (non-hydrogen) atoms. The Balaban J connectivity index is 2.08. The summed E-state index contributed by atoms with van der Waals surface area (Å²) in [7, 11) is 3.84. The van der Waals surface area contributed by atoms with E-state index in [2.05, 4.69) is 57.1 Å². The smallest absolute Gasteiger partial charge is 0.0746 e. The Hall–Kier alpha value is -0.970. The SMILES string of the molecule is COCC(Br)CN(C)Cc1cccc2cccnc12. The number of halogens is 1. The number of hydrogen-bond acceptors (Lipinski definition) is 3. The van der Waals surface area contributed by atoms with Crippen LogP contribution in [-0.2, 0) is 11.3 Å². The van der Waals surface area contributed by atoms with Gasteiger partial charge in [0.25, 0.3) is 0 Å². The lowest BCUT2D eigenvalue weighted by Crippen LogP contribution is -2.28. The third-order valence-electron chi connectivity index (χ3n) is 3.01. The first-order valence-corrected chi connectivity index (χ1v) is 7.26. The molecule has 0 radical (unpaired) electrons. The fourth-order valence-electron chi connectivity index (χ4n) is 2.22. The number of fused-ring (bicyclic) bond motifs is 1. The van der Waals surface area contributed by atoms with Gasteiger partial charge in [-0.2, -0.15) is 0 Å². The van der Waals surface area contributed by atoms with E-state index in [1.165, 1.54) is 10.9 Å². The maximum absolute atomic E-state index is 5.14. The highest BCUT2D eigenvalue weighted by atomic mass is 79.9. The molecule has 1 aromatic heterocycles. The number of pyridine rings is 1. The topological polar surface area (TPSA) is 25.4 Å². The predicted molar refractivity (Wildman–Crippen MR) is 82.7 cm³/mol. The van der Waals surface area contributed by atoms with Crippen LogP contribution in [0.4, 0.5) is 0 Å². The zero-order valence-electron chi connectivity index (χ0n) is 11.3. The Morgan fingerprint density at radius 1 is 1.32 bits per heavy atom. The van der Waals surface area contributed by atoms with E-state index in [9.17, 15) is 0 Å². The van der Waals surface area contributed by atoms with Gasteiger partial charge in [0.1, 0.15) is 0 Å². The molecule has 1 heterocycles. The van der Waals surface area contributed by atoms with Gasteiger partial charge in [-0.05, 0) is 18.7 Å². The van der Waals surface area contributed by atoms with Gasteiger partial charge in [-0.25, -0.2) is 0 Å². The van der Waals surface area contributed by atoms with Crippen LogP contribution >= 0.6 is 15.9 Å². The highest BCUT2D eigenvalue weighted by Crippen LogP contribution is 2.17. The zero-order chi connectivity index (χ0) is 13.7. The molecule has 0 bridgehead atoms. The van der Waals surface area contributed by atoms with E-state index in [-0.39, 0.29) is 0 Å². The molecular formula is C15H19BrN2O. The molecule has 0 fully saturated rings. The highest BCUT2D eigenvalue weighted by molar-refractivity contribution is 9.09. The van der Waals surface area contributed by atoms with E-state index in [1.54, 1.807) is 7.11 Å². The largest absolute Gasteiger partial charge is 0.383 e. The van der Waals surface area contributed by atoms with Gasteiger partial charge >= 0.3 is 0 Å². The highest BCUT2D eigenvalue weighted by Gasteiger charge is 2.10.